The lowest BCUT2D eigenvalue weighted by Crippen LogP contribution is -2.36. The predicted octanol–water partition coefficient (Wildman–Crippen LogP) is 4.72. The van der Waals surface area contributed by atoms with E-state index < -0.39 is 29.8 Å². The van der Waals surface area contributed by atoms with Gasteiger partial charge >= 0.3 is 6.18 Å². The van der Waals surface area contributed by atoms with Gasteiger partial charge in [0, 0.05) is 24.5 Å². The van der Waals surface area contributed by atoms with Gasteiger partial charge < -0.3 is 0 Å². The molecule has 26 heavy (non-hydrogen) atoms. The molecule has 1 unspecified atom stereocenters. The molecule has 3 rings (SSSR count). The molecule has 0 amide bonds. The van der Waals surface area contributed by atoms with E-state index >= 15 is 0 Å². The van der Waals surface area contributed by atoms with Gasteiger partial charge in [-0.3, -0.25) is 9.58 Å². The van der Waals surface area contributed by atoms with Crippen molar-refractivity contribution >= 4 is 0 Å². The minimum atomic E-state index is -4.53. The van der Waals surface area contributed by atoms with Crippen molar-refractivity contribution in [3.05, 3.63) is 53.9 Å². The van der Waals surface area contributed by atoms with Crippen molar-refractivity contribution in [3.8, 4) is 0 Å². The van der Waals surface area contributed by atoms with Crippen LogP contribution in [0.2, 0.25) is 0 Å². The van der Waals surface area contributed by atoms with E-state index in [-0.39, 0.29) is 6.04 Å². The molecule has 1 aromatic carbocycles. The first-order valence-electron chi connectivity index (χ1n) is 8.53. The highest BCUT2D eigenvalue weighted by molar-refractivity contribution is 5.27. The zero-order valence-electron chi connectivity index (χ0n) is 14.1. The number of hydrogen-bond donors (Lipinski definition) is 0. The van der Waals surface area contributed by atoms with Crippen molar-refractivity contribution in [2.24, 2.45) is 0 Å². The van der Waals surface area contributed by atoms with Crippen LogP contribution in [0.1, 0.15) is 36.4 Å². The molecule has 0 aliphatic carbocycles. The first kappa shape index (κ1) is 18.8. The number of aromatic nitrogens is 2. The van der Waals surface area contributed by atoms with Gasteiger partial charge in [-0.1, -0.05) is 12.1 Å². The monoisotopic (exact) mass is 373 g/mol. The molecule has 1 atom stereocenters. The molecule has 142 valence electrons. The second-order valence-corrected chi connectivity index (χ2v) is 6.63. The number of benzene rings is 1. The molecule has 0 bridgehead atoms. The molecule has 8 heteroatoms. The molecular weight excluding hydrogens is 353 g/mol. The van der Waals surface area contributed by atoms with Crippen molar-refractivity contribution in [2.75, 3.05) is 19.6 Å². The molecule has 1 fully saturated rings. The standard InChI is InChI=1S/C18H20F5N3/c19-17(20,14-4-6-15(7-5-14)18(21,22)23)13-25-10-1-3-16(8-12-25)26-11-2-9-24-26/h2,4-7,9,11,16H,1,3,8,10,12-13H2. The summed E-state index contributed by atoms with van der Waals surface area (Å²) in [5.74, 6) is -3.20. The quantitative estimate of drug-likeness (QED) is 0.723. The van der Waals surface area contributed by atoms with Gasteiger partial charge in [0.25, 0.3) is 5.92 Å². The summed E-state index contributed by atoms with van der Waals surface area (Å²) < 4.78 is 68.7. The number of likely N-dealkylation sites (tertiary alicyclic amines) is 1. The minimum Gasteiger partial charge on any atom is -0.297 e. The lowest BCUT2D eigenvalue weighted by molar-refractivity contribution is -0.137. The fourth-order valence-corrected chi connectivity index (χ4v) is 3.33. The van der Waals surface area contributed by atoms with E-state index in [9.17, 15) is 22.0 Å². The van der Waals surface area contributed by atoms with Crippen molar-refractivity contribution in [2.45, 2.75) is 37.4 Å². The molecule has 1 aliphatic heterocycles. The molecule has 2 heterocycles. The zero-order valence-corrected chi connectivity index (χ0v) is 14.1. The highest BCUT2D eigenvalue weighted by atomic mass is 19.4. The van der Waals surface area contributed by atoms with Gasteiger partial charge in [-0.05, 0) is 44.0 Å². The minimum absolute atomic E-state index is 0.190. The lowest BCUT2D eigenvalue weighted by atomic mass is 10.1. The molecule has 1 saturated heterocycles. The Labute approximate surface area is 148 Å². The highest BCUT2D eigenvalue weighted by Crippen LogP contribution is 2.34. The summed E-state index contributed by atoms with van der Waals surface area (Å²) in [7, 11) is 0. The predicted molar refractivity (Wildman–Crippen MR) is 86.9 cm³/mol. The third kappa shape index (κ3) is 4.41. The molecule has 2 aromatic rings. The Balaban J connectivity index is 1.63. The maximum absolute atomic E-state index is 14.5. The Kier molecular flexibility index (Phi) is 5.32. The molecular formula is C18H20F5N3. The number of halogens is 5. The van der Waals surface area contributed by atoms with Crippen LogP contribution in [0.25, 0.3) is 0 Å². The van der Waals surface area contributed by atoms with E-state index in [1.165, 1.54) is 0 Å². The summed E-state index contributed by atoms with van der Waals surface area (Å²) in [5, 5.41) is 4.21. The van der Waals surface area contributed by atoms with Crippen molar-refractivity contribution < 1.29 is 22.0 Å². The Hall–Kier alpha value is -1.96. The fraction of sp³-hybridized carbons (Fsp3) is 0.500. The first-order valence-corrected chi connectivity index (χ1v) is 8.53. The Morgan fingerprint density at radius 2 is 1.65 bits per heavy atom. The van der Waals surface area contributed by atoms with Crippen LogP contribution in [0.15, 0.2) is 42.7 Å². The summed E-state index contributed by atoms with van der Waals surface area (Å²) in [4.78, 5) is 1.68. The molecule has 0 spiro atoms. The second-order valence-electron chi connectivity index (χ2n) is 6.63. The Morgan fingerprint density at radius 1 is 0.962 bits per heavy atom. The smallest absolute Gasteiger partial charge is 0.297 e. The van der Waals surface area contributed by atoms with E-state index in [0.29, 0.717) is 31.6 Å². The average Bonchev–Trinajstić information content (AvgIpc) is 3.02. The molecule has 0 saturated carbocycles. The number of alkyl halides is 5. The average molecular weight is 373 g/mol. The normalized spacial score (nSPS) is 20.1. The molecule has 1 aromatic heterocycles. The van der Waals surface area contributed by atoms with Crippen LogP contribution in [0.5, 0.6) is 0 Å². The summed E-state index contributed by atoms with van der Waals surface area (Å²) in [6.07, 6.45) is 1.39. The van der Waals surface area contributed by atoms with Crippen LogP contribution in [0.3, 0.4) is 0 Å². The van der Waals surface area contributed by atoms with Gasteiger partial charge in [0.15, 0.2) is 0 Å². The van der Waals surface area contributed by atoms with Crippen molar-refractivity contribution in [1.82, 2.24) is 14.7 Å². The van der Waals surface area contributed by atoms with Gasteiger partial charge in [-0.15, -0.1) is 0 Å². The second kappa shape index (κ2) is 7.34. The highest BCUT2D eigenvalue weighted by Gasteiger charge is 2.36. The first-order chi connectivity index (χ1) is 12.3. The van der Waals surface area contributed by atoms with Gasteiger partial charge in [0.2, 0.25) is 0 Å². The van der Waals surface area contributed by atoms with Gasteiger partial charge in [0.05, 0.1) is 18.2 Å². The van der Waals surface area contributed by atoms with Gasteiger partial charge in [0.1, 0.15) is 0 Å². The van der Waals surface area contributed by atoms with Crippen LogP contribution in [-0.2, 0) is 12.1 Å². The van der Waals surface area contributed by atoms with E-state index in [4.69, 9.17) is 0 Å². The maximum atomic E-state index is 14.5. The van der Waals surface area contributed by atoms with Crippen LogP contribution >= 0.6 is 0 Å². The molecule has 0 radical (unpaired) electrons. The summed E-state index contributed by atoms with van der Waals surface area (Å²) in [6.45, 7) is 0.541. The summed E-state index contributed by atoms with van der Waals surface area (Å²) in [5.41, 5.74) is -1.31. The fourth-order valence-electron chi connectivity index (χ4n) is 3.33. The largest absolute Gasteiger partial charge is 0.416 e. The maximum Gasteiger partial charge on any atom is 0.416 e. The van der Waals surface area contributed by atoms with Crippen LogP contribution in [0, 0.1) is 0 Å². The van der Waals surface area contributed by atoms with E-state index in [0.717, 1.165) is 25.0 Å². The SMILES string of the molecule is FC(F)(F)c1ccc(C(F)(F)CN2CCCC(n3cccn3)CC2)cc1. The van der Waals surface area contributed by atoms with E-state index in [1.54, 1.807) is 11.1 Å². The van der Waals surface area contributed by atoms with Crippen LogP contribution in [0.4, 0.5) is 22.0 Å². The molecule has 1 aliphatic rings. The third-order valence-corrected chi connectivity index (χ3v) is 4.75. The zero-order chi connectivity index (χ0) is 18.8. The lowest BCUT2D eigenvalue weighted by Gasteiger charge is -2.26. The Bertz CT molecular complexity index is 695. The summed E-state index contributed by atoms with van der Waals surface area (Å²) >= 11 is 0. The third-order valence-electron chi connectivity index (χ3n) is 4.75. The molecule has 3 nitrogen and oxygen atoms in total. The topological polar surface area (TPSA) is 21.1 Å². The van der Waals surface area contributed by atoms with Crippen molar-refractivity contribution in [1.29, 1.82) is 0 Å². The number of rotatable bonds is 4. The number of hydrogen-bond acceptors (Lipinski definition) is 2. The van der Waals surface area contributed by atoms with Gasteiger partial charge in [-0.25, -0.2) is 0 Å². The Morgan fingerprint density at radius 3 is 2.27 bits per heavy atom. The summed E-state index contributed by atoms with van der Waals surface area (Å²) in [6, 6.07) is 5.18. The molecule has 0 N–H and O–H groups in total. The van der Waals surface area contributed by atoms with E-state index in [2.05, 4.69) is 5.10 Å². The van der Waals surface area contributed by atoms with Crippen molar-refractivity contribution in [3.63, 3.8) is 0 Å². The van der Waals surface area contributed by atoms with Crippen LogP contribution < -0.4 is 0 Å². The van der Waals surface area contributed by atoms with Gasteiger partial charge in [-0.2, -0.15) is 27.1 Å². The van der Waals surface area contributed by atoms with E-state index in [1.807, 2.05) is 16.9 Å². The van der Waals surface area contributed by atoms with Crippen LogP contribution in [-0.4, -0.2) is 34.3 Å². The number of nitrogens with zero attached hydrogens (tertiary/aromatic N) is 3.